The monoisotopic (exact) mass is 302 g/mol. The topological polar surface area (TPSA) is 68.3 Å². The van der Waals surface area contributed by atoms with Crippen molar-refractivity contribution in [3.8, 4) is 0 Å². The lowest BCUT2D eigenvalue weighted by molar-refractivity contribution is -0.129. The van der Waals surface area contributed by atoms with Gasteiger partial charge in [0, 0.05) is 12.2 Å². The Balaban J connectivity index is 1.95. The van der Waals surface area contributed by atoms with Gasteiger partial charge in [0.25, 0.3) is 5.91 Å². The highest BCUT2D eigenvalue weighted by molar-refractivity contribution is 6.41. The minimum atomic E-state index is -0.859. The van der Waals surface area contributed by atoms with Crippen molar-refractivity contribution in [2.75, 3.05) is 0 Å². The van der Waals surface area contributed by atoms with Crippen molar-refractivity contribution in [1.82, 2.24) is 10.3 Å². The minimum Gasteiger partial charge on any atom is -0.449 e. The quantitative estimate of drug-likeness (QED) is 0.684. The van der Waals surface area contributed by atoms with E-state index in [9.17, 15) is 9.59 Å². The van der Waals surface area contributed by atoms with Gasteiger partial charge in [-0.3, -0.25) is 4.79 Å². The maximum Gasteiger partial charge on any atom is 0.340 e. The minimum absolute atomic E-state index is 0.109. The van der Waals surface area contributed by atoms with Crippen LogP contribution in [-0.4, -0.2) is 29.0 Å². The first-order valence-electron chi connectivity index (χ1n) is 5.80. The maximum atomic E-state index is 11.8. The summed E-state index contributed by atoms with van der Waals surface area (Å²) in [6.45, 7) is 1.51. The number of ether oxygens (including phenoxy) is 1. The lowest BCUT2D eigenvalue weighted by Gasteiger charge is -2.13. The van der Waals surface area contributed by atoms with E-state index in [-0.39, 0.29) is 27.7 Å². The van der Waals surface area contributed by atoms with E-state index >= 15 is 0 Å². The first-order valence-corrected chi connectivity index (χ1v) is 6.55. The van der Waals surface area contributed by atoms with Gasteiger partial charge < -0.3 is 10.1 Å². The summed E-state index contributed by atoms with van der Waals surface area (Å²) in [5.74, 6) is -0.964. The fourth-order valence-electron chi connectivity index (χ4n) is 1.36. The number of carbonyl (C=O) groups is 2. The molecule has 0 saturated heterocycles. The van der Waals surface area contributed by atoms with Gasteiger partial charge in [-0.15, -0.1) is 0 Å². The third-order valence-electron chi connectivity index (χ3n) is 2.61. The standard InChI is InChI=1S/C12H12Cl2N2O3/c1-6(11(17)16-8-2-3-8)19-12(18)7-4-9(13)10(14)15-5-7/h4-6,8H,2-3H2,1H3,(H,16,17). The summed E-state index contributed by atoms with van der Waals surface area (Å²) in [6.07, 6.45) is 2.34. The number of hydrogen-bond donors (Lipinski definition) is 1. The molecule has 0 bridgehead atoms. The molecule has 1 heterocycles. The van der Waals surface area contributed by atoms with E-state index in [0.29, 0.717) is 0 Å². The molecule has 0 aromatic carbocycles. The Morgan fingerprint density at radius 3 is 2.74 bits per heavy atom. The number of hydrogen-bond acceptors (Lipinski definition) is 4. The molecule has 1 N–H and O–H groups in total. The number of rotatable bonds is 4. The van der Waals surface area contributed by atoms with Crippen LogP contribution < -0.4 is 5.32 Å². The molecule has 1 unspecified atom stereocenters. The van der Waals surface area contributed by atoms with Crippen LogP contribution in [0.2, 0.25) is 10.2 Å². The van der Waals surface area contributed by atoms with Crippen molar-refractivity contribution >= 4 is 35.1 Å². The smallest absolute Gasteiger partial charge is 0.340 e. The summed E-state index contributed by atoms with van der Waals surface area (Å²) in [7, 11) is 0. The average molecular weight is 303 g/mol. The van der Waals surface area contributed by atoms with Crippen molar-refractivity contribution < 1.29 is 14.3 Å². The zero-order valence-corrected chi connectivity index (χ0v) is 11.7. The van der Waals surface area contributed by atoms with Crippen LogP contribution in [0.15, 0.2) is 12.3 Å². The van der Waals surface area contributed by atoms with Gasteiger partial charge in [-0.2, -0.15) is 0 Å². The first kappa shape index (κ1) is 14.1. The molecular formula is C12H12Cl2N2O3. The molecular weight excluding hydrogens is 291 g/mol. The van der Waals surface area contributed by atoms with Gasteiger partial charge in [0.2, 0.25) is 0 Å². The summed E-state index contributed by atoms with van der Waals surface area (Å²) < 4.78 is 5.03. The summed E-state index contributed by atoms with van der Waals surface area (Å²) >= 11 is 11.4. The van der Waals surface area contributed by atoms with Crippen molar-refractivity contribution in [3.05, 3.63) is 28.0 Å². The molecule has 102 valence electrons. The van der Waals surface area contributed by atoms with Crippen molar-refractivity contribution in [2.45, 2.75) is 31.9 Å². The van der Waals surface area contributed by atoms with Gasteiger partial charge in [-0.25, -0.2) is 9.78 Å². The Bertz CT molecular complexity index is 518. The molecule has 1 aromatic heterocycles. The second-order valence-electron chi connectivity index (χ2n) is 4.33. The van der Waals surface area contributed by atoms with Gasteiger partial charge in [-0.1, -0.05) is 23.2 Å². The molecule has 1 saturated carbocycles. The fraction of sp³-hybridized carbons (Fsp3) is 0.417. The van der Waals surface area contributed by atoms with E-state index in [2.05, 4.69) is 10.3 Å². The summed E-state index contributed by atoms with van der Waals surface area (Å²) in [6, 6.07) is 1.57. The number of esters is 1. The Morgan fingerprint density at radius 1 is 1.47 bits per heavy atom. The van der Waals surface area contributed by atoms with E-state index < -0.39 is 12.1 Å². The molecule has 19 heavy (non-hydrogen) atoms. The number of halogens is 2. The number of amides is 1. The zero-order chi connectivity index (χ0) is 14.0. The number of aromatic nitrogens is 1. The van der Waals surface area contributed by atoms with Crippen LogP contribution in [0.3, 0.4) is 0 Å². The lowest BCUT2D eigenvalue weighted by Crippen LogP contribution is -2.37. The molecule has 1 atom stereocenters. The highest BCUT2D eigenvalue weighted by atomic mass is 35.5. The van der Waals surface area contributed by atoms with Crippen LogP contribution in [0.5, 0.6) is 0 Å². The van der Waals surface area contributed by atoms with Crippen molar-refractivity contribution in [3.63, 3.8) is 0 Å². The number of carbonyl (C=O) groups excluding carboxylic acids is 2. The summed E-state index contributed by atoms with van der Waals surface area (Å²) in [5.41, 5.74) is 0.153. The lowest BCUT2D eigenvalue weighted by atomic mass is 10.3. The number of nitrogens with zero attached hydrogens (tertiary/aromatic N) is 1. The van der Waals surface area contributed by atoms with E-state index in [1.54, 1.807) is 0 Å². The molecule has 0 aliphatic heterocycles. The third-order valence-corrected chi connectivity index (χ3v) is 3.29. The zero-order valence-electron chi connectivity index (χ0n) is 10.2. The second kappa shape index (κ2) is 5.75. The van der Waals surface area contributed by atoms with Crippen LogP contribution in [0, 0.1) is 0 Å². The van der Waals surface area contributed by atoms with E-state index in [1.165, 1.54) is 19.2 Å². The molecule has 1 amide bonds. The first-order chi connectivity index (χ1) is 8.97. The Labute approximate surface area is 120 Å². The van der Waals surface area contributed by atoms with Gasteiger partial charge in [0.15, 0.2) is 6.10 Å². The largest absolute Gasteiger partial charge is 0.449 e. The maximum absolute atomic E-state index is 11.8. The Kier molecular flexibility index (Phi) is 4.27. The molecule has 1 aliphatic rings. The third kappa shape index (κ3) is 3.81. The normalized spacial score (nSPS) is 15.7. The van der Waals surface area contributed by atoms with Gasteiger partial charge in [0.05, 0.1) is 10.6 Å². The van der Waals surface area contributed by atoms with Crippen LogP contribution in [-0.2, 0) is 9.53 Å². The molecule has 5 nitrogen and oxygen atoms in total. The van der Waals surface area contributed by atoms with Crippen LogP contribution in [0.25, 0.3) is 0 Å². The molecule has 7 heteroatoms. The second-order valence-corrected chi connectivity index (χ2v) is 5.09. The van der Waals surface area contributed by atoms with Crippen molar-refractivity contribution in [2.24, 2.45) is 0 Å². The SMILES string of the molecule is CC(OC(=O)c1cnc(Cl)c(Cl)c1)C(=O)NC1CC1. The molecule has 0 radical (unpaired) electrons. The average Bonchev–Trinajstić information content (AvgIpc) is 3.16. The molecule has 1 aliphatic carbocycles. The van der Waals surface area contributed by atoms with Crippen LogP contribution in [0.4, 0.5) is 0 Å². The van der Waals surface area contributed by atoms with E-state index in [1.807, 2.05) is 0 Å². The number of nitrogens with one attached hydrogen (secondary N) is 1. The molecule has 2 rings (SSSR count). The summed E-state index contributed by atoms with van der Waals surface area (Å²) in [4.78, 5) is 27.2. The van der Waals surface area contributed by atoms with Crippen LogP contribution in [0.1, 0.15) is 30.1 Å². The van der Waals surface area contributed by atoms with E-state index in [4.69, 9.17) is 27.9 Å². The van der Waals surface area contributed by atoms with Gasteiger partial charge in [0.1, 0.15) is 5.15 Å². The fourth-order valence-corrected chi connectivity index (χ4v) is 1.63. The van der Waals surface area contributed by atoms with Gasteiger partial charge >= 0.3 is 5.97 Å². The Hall–Kier alpha value is -1.33. The predicted octanol–water partition coefficient (Wildman–Crippen LogP) is 2.21. The molecule has 0 spiro atoms. The highest BCUT2D eigenvalue weighted by Crippen LogP contribution is 2.21. The Morgan fingerprint density at radius 2 is 2.16 bits per heavy atom. The molecule has 1 fully saturated rings. The number of pyridine rings is 1. The van der Waals surface area contributed by atoms with Crippen LogP contribution >= 0.6 is 23.2 Å². The van der Waals surface area contributed by atoms with Crippen molar-refractivity contribution in [1.29, 1.82) is 0 Å². The van der Waals surface area contributed by atoms with Gasteiger partial charge in [-0.05, 0) is 25.8 Å². The highest BCUT2D eigenvalue weighted by Gasteiger charge is 2.27. The van der Waals surface area contributed by atoms with E-state index in [0.717, 1.165) is 12.8 Å². The molecule has 1 aromatic rings. The predicted molar refractivity (Wildman–Crippen MR) is 70.3 cm³/mol. The summed E-state index contributed by atoms with van der Waals surface area (Å²) in [5, 5.41) is 3.02.